The number of ether oxygens (including phenoxy) is 1. The van der Waals surface area contributed by atoms with Crippen LogP contribution in [0, 0.1) is 0 Å². The summed E-state index contributed by atoms with van der Waals surface area (Å²) in [5.74, 6) is 0.903. The molecule has 1 atom stereocenters. The summed E-state index contributed by atoms with van der Waals surface area (Å²) in [6.45, 7) is 0.695. The van der Waals surface area contributed by atoms with Gasteiger partial charge >= 0.3 is 0 Å². The number of hydrogen-bond acceptors (Lipinski definition) is 3. The molecule has 1 unspecified atom stereocenters. The Balaban J connectivity index is 1.90. The zero-order chi connectivity index (χ0) is 14.8. The van der Waals surface area contributed by atoms with Gasteiger partial charge in [0.2, 0.25) is 0 Å². The van der Waals surface area contributed by atoms with Crippen molar-refractivity contribution in [3.63, 3.8) is 0 Å². The number of aliphatic hydroxyl groups is 1. The number of fused-ring (bicyclic) bond motifs is 1. The minimum atomic E-state index is -0.555. The zero-order valence-electron chi connectivity index (χ0n) is 11.8. The average Bonchev–Trinajstić information content (AvgIpc) is 2.95. The zero-order valence-corrected chi connectivity index (χ0v) is 13.4. The fourth-order valence-electron chi connectivity index (χ4n) is 2.76. The van der Waals surface area contributed by atoms with Crippen LogP contribution in [0.2, 0.25) is 5.02 Å². The third-order valence-electron chi connectivity index (χ3n) is 3.74. The molecule has 1 aliphatic rings. The van der Waals surface area contributed by atoms with Crippen LogP contribution >= 0.6 is 23.4 Å². The highest BCUT2D eigenvalue weighted by Gasteiger charge is 2.21. The minimum Gasteiger partial charge on any atom is -0.493 e. The molecule has 3 rings (SSSR count). The maximum absolute atomic E-state index is 10.6. The Labute approximate surface area is 134 Å². The number of aliphatic hydroxyl groups excluding tert-OH is 1. The van der Waals surface area contributed by atoms with Gasteiger partial charge in [-0.1, -0.05) is 29.8 Å². The first-order valence-electron chi connectivity index (χ1n) is 6.94. The van der Waals surface area contributed by atoms with Crippen LogP contribution in [0.5, 0.6) is 5.75 Å². The summed E-state index contributed by atoms with van der Waals surface area (Å²) in [5, 5.41) is 11.3. The van der Waals surface area contributed by atoms with Crippen molar-refractivity contribution in [1.29, 1.82) is 0 Å². The molecule has 1 heterocycles. The third-order valence-corrected chi connectivity index (χ3v) is 4.77. The van der Waals surface area contributed by atoms with E-state index in [0.29, 0.717) is 18.1 Å². The quantitative estimate of drug-likeness (QED) is 0.853. The van der Waals surface area contributed by atoms with Crippen LogP contribution in [-0.2, 0) is 12.8 Å². The van der Waals surface area contributed by atoms with Crippen molar-refractivity contribution in [1.82, 2.24) is 0 Å². The third kappa shape index (κ3) is 3.05. The number of rotatable bonds is 4. The Hall–Kier alpha value is -1.16. The van der Waals surface area contributed by atoms with Crippen LogP contribution in [0.4, 0.5) is 0 Å². The fourth-order valence-corrected chi connectivity index (χ4v) is 3.68. The lowest BCUT2D eigenvalue weighted by molar-refractivity contribution is 0.174. The second-order valence-electron chi connectivity index (χ2n) is 5.11. The maximum atomic E-state index is 10.6. The van der Waals surface area contributed by atoms with Crippen LogP contribution in [0.3, 0.4) is 0 Å². The predicted molar refractivity (Wildman–Crippen MR) is 87.5 cm³/mol. The van der Waals surface area contributed by atoms with Gasteiger partial charge in [-0.25, -0.2) is 0 Å². The molecule has 0 radical (unpaired) electrons. The van der Waals surface area contributed by atoms with Gasteiger partial charge in [-0.3, -0.25) is 0 Å². The highest BCUT2D eigenvalue weighted by Crippen LogP contribution is 2.36. The smallest absolute Gasteiger partial charge is 0.126 e. The van der Waals surface area contributed by atoms with Gasteiger partial charge in [0.05, 0.1) is 12.7 Å². The SMILES string of the molecule is CSc1ccccc1C(O)Cc1cc(Cl)cc2c1OCC2. The van der Waals surface area contributed by atoms with Crippen LogP contribution in [0.1, 0.15) is 22.8 Å². The maximum Gasteiger partial charge on any atom is 0.126 e. The van der Waals surface area contributed by atoms with E-state index in [-0.39, 0.29) is 0 Å². The molecule has 0 fully saturated rings. The Kier molecular flexibility index (Phi) is 4.43. The van der Waals surface area contributed by atoms with Crippen molar-refractivity contribution >= 4 is 23.4 Å². The van der Waals surface area contributed by atoms with Gasteiger partial charge in [0.15, 0.2) is 0 Å². The molecular formula is C17H17ClO2S. The predicted octanol–water partition coefficient (Wildman–Crippen LogP) is 4.27. The average molecular weight is 321 g/mol. The largest absolute Gasteiger partial charge is 0.493 e. The number of hydrogen-bond donors (Lipinski definition) is 1. The van der Waals surface area contributed by atoms with Gasteiger partial charge in [0, 0.05) is 22.8 Å². The first-order chi connectivity index (χ1) is 10.2. The van der Waals surface area contributed by atoms with Crippen molar-refractivity contribution < 1.29 is 9.84 Å². The van der Waals surface area contributed by atoms with Crippen molar-refractivity contribution in [2.75, 3.05) is 12.9 Å². The summed E-state index contributed by atoms with van der Waals surface area (Å²) < 4.78 is 5.70. The van der Waals surface area contributed by atoms with Crippen LogP contribution in [0.25, 0.3) is 0 Å². The molecule has 0 aromatic heterocycles. The highest BCUT2D eigenvalue weighted by atomic mass is 35.5. The number of benzene rings is 2. The lowest BCUT2D eigenvalue weighted by Crippen LogP contribution is -2.04. The summed E-state index contributed by atoms with van der Waals surface area (Å²) in [6, 6.07) is 11.8. The Morgan fingerprint density at radius 1 is 1.33 bits per heavy atom. The molecule has 0 amide bonds. The molecule has 2 aromatic carbocycles. The summed E-state index contributed by atoms with van der Waals surface area (Å²) in [4.78, 5) is 1.10. The van der Waals surface area contributed by atoms with E-state index in [0.717, 1.165) is 33.8 Å². The van der Waals surface area contributed by atoms with E-state index in [1.54, 1.807) is 11.8 Å². The fraction of sp³-hybridized carbons (Fsp3) is 0.294. The Morgan fingerprint density at radius 3 is 2.95 bits per heavy atom. The molecule has 21 heavy (non-hydrogen) atoms. The lowest BCUT2D eigenvalue weighted by Gasteiger charge is -2.16. The minimum absolute atomic E-state index is 0.514. The van der Waals surface area contributed by atoms with E-state index in [4.69, 9.17) is 16.3 Å². The first kappa shape index (κ1) is 14.8. The molecule has 0 aliphatic carbocycles. The van der Waals surface area contributed by atoms with Crippen LogP contribution in [-0.4, -0.2) is 18.0 Å². The molecule has 110 valence electrons. The Bertz CT molecular complexity index is 657. The molecule has 1 aliphatic heterocycles. The molecule has 4 heteroatoms. The van der Waals surface area contributed by atoms with Gasteiger partial charge in [-0.2, -0.15) is 0 Å². The molecule has 0 saturated carbocycles. The lowest BCUT2D eigenvalue weighted by atomic mass is 9.98. The monoisotopic (exact) mass is 320 g/mol. The van der Waals surface area contributed by atoms with E-state index in [9.17, 15) is 5.11 Å². The molecule has 1 N–H and O–H groups in total. The van der Waals surface area contributed by atoms with Gasteiger partial charge in [0.1, 0.15) is 5.75 Å². The van der Waals surface area contributed by atoms with E-state index in [1.807, 2.05) is 42.7 Å². The summed E-state index contributed by atoms with van der Waals surface area (Å²) in [5.41, 5.74) is 3.08. The molecule has 2 aromatic rings. The molecule has 0 spiro atoms. The molecule has 0 saturated heterocycles. The van der Waals surface area contributed by atoms with E-state index in [1.165, 1.54) is 0 Å². The second-order valence-corrected chi connectivity index (χ2v) is 6.40. The normalized spacial score (nSPS) is 14.6. The van der Waals surface area contributed by atoms with Gasteiger partial charge < -0.3 is 9.84 Å². The van der Waals surface area contributed by atoms with E-state index < -0.39 is 6.10 Å². The van der Waals surface area contributed by atoms with Crippen molar-refractivity contribution in [2.24, 2.45) is 0 Å². The summed E-state index contributed by atoms with van der Waals surface area (Å²) in [7, 11) is 0. The van der Waals surface area contributed by atoms with Crippen molar-refractivity contribution in [3.8, 4) is 5.75 Å². The number of halogens is 1. The highest BCUT2D eigenvalue weighted by molar-refractivity contribution is 7.98. The van der Waals surface area contributed by atoms with E-state index in [2.05, 4.69) is 0 Å². The van der Waals surface area contributed by atoms with Gasteiger partial charge in [-0.15, -0.1) is 11.8 Å². The number of thioether (sulfide) groups is 1. The van der Waals surface area contributed by atoms with Crippen molar-refractivity contribution in [3.05, 3.63) is 58.1 Å². The van der Waals surface area contributed by atoms with Crippen molar-refractivity contribution in [2.45, 2.75) is 23.8 Å². The standard InChI is InChI=1S/C17H17ClO2S/c1-21-16-5-3-2-4-14(16)15(19)10-12-9-13(18)8-11-6-7-20-17(11)12/h2-5,8-9,15,19H,6-7,10H2,1H3. The molecule has 0 bridgehead atoms. The second kappa shape index (κ2) is 6.30. The summed E-state index contributed by atoms with van der Waals surface area (Å²) in [6.07, 6.45) is 2.87. The van der Waals surface area contributed by atoms with E-state index >= 15 is 0 Å². The molecular weight excluding hydrogens is 304 g/mol. The van der Waals surface area contributed by atoms with Gasteiger partial charge in [-0.05, 0) is 41.1 Å². The summed E-state index contributed by atoms with van der Waals surface area (Å²) >= 11 is 7.82. The van der Waals surface area contributed by atoms with Crippen LogP contribution < -0.4 is 4.74 Å². The topological polar surface area (TPSA) is 29.5 Å². The van der Waals surface area contributed by atoms with Gasteiger partial charge in [0.25, 0.3) is 0 Å². The first-order valence-corrected chi connectivity index (χ1v) is 8.54. The van der Waals surface area contributed by atoms with Crippen LogP contribution in [0.15, 0.2) is 41.3 Å². The Morgan fingerprint density at radius 2 is 2.14 bits per heavy atom. The molecule has 2 nitrogen and oxygen atoms in total.